The van der Waals surface area contributed by atoms with E-state index in [4.69, 9.17) is 9.47 Å². The first-order valence-electron chi connectivity index (χ1n) is 8.54. The zero-order valence-corrected chi connectivity index (χ0v) is 14.3. The van der Waals surface area contributed by atoms with Crippen molar-refractivity contribution in [3.63, 3.8) is 0 Å². The molecule has 0 aromatic rings. The lowest BCUT2D eigenvalue weighted by Gasteiger charge is -2.30. The van der Waals surface area contributed by atoms with Crippen LogP contribution in [0.25, 0.3) is 0 Å². The van der Waals surface area contributed by atoms with Crippen molar-refractivity contribution in [2.24, 2.45) is 11.8 Å². The van der Waals surface area contributed by atoms with Crippen molar-refractivity contribution in [2.45, 2.75) is 52.4 Å². The van der Waals surface area contributed by atoms with Crippen LogP contribution in [-0.4, -0.2) is 50.2 Å². The molecule has 0 saturated heterocycles. The van der Waals surface area contributed by atoms with Crippen LogP contribution in [0.1, 0.15) is 52.4 Å². The van der Waals surface area contributed by atoms with E-state index < -0.39 is 0 Å². The molecule has 1 rings (SSSR count). The molecule has 1 aliphatic rings. The summed E-state index contributed by atoms with van der Waals surface area (Å²) in [6.07, 6.45) is 6.26. The Balaban J connectivity index is 2.58. The highest BCUT2D eigenvalue weighted by molar-refractivity contribution is 5.80. The summed E-state index contributed by atoms with van der Waals surface area (Å²) in [7, 11) is 1.39. The van der Waals surface area contributed by atoms with Gasteiger partial charge < -0.3 is 14.4 Å². The van der Waals surface area contributed by atoms with Crippen LogP contribution in [-0.2, 0) is 19.1 Å². The maximum atomic E-state index is 12.7. The molecule has 0 N–H and O–H groups in total. The molecule has 128 valence electrons. The highest BCUT2D eigenvalue weighted by atomic mass is 16.5. The lowest BCUT2D eigenvalue weighted by molar-refractivity contribution is -0.147. The molecule has 5 heteroatoms. The highest BCUT2D eigenvalue weighted by Gasteiger charge is 2.28. The number of rotatable bonds is 9. The number of carbonyl (C=O) groups is 2. The fourth-order valence-corrected chi connectivity index (χ4v) is 3.01. The number of esters is 1. The third kappa shape index (κ3) is 6.34. The maximum absolute atomic E-state index is 12.7. The summed E-state index contributed by atoms with van der Waals surface area (Å²) < 4.78 is 10.1. The molecule has 0 bridgehead atoms. The van der Waals surface area contributed by atoms with E-state index in [0.29, 0.717) is 26.3 Å². The Morgan fingerprint density at radius 3 is 2.50 bits per heavy atom. The van der Waals surface area contributed by atoms with Crippen LogP contribution in [0.2, 0.25) is 0 Å². The molecule has 1 fully saturated rings. The van der Waals surface area contributed by atoms with E-state index in [2.05, 4.69) is 0 Å². The lowest BCUT2D eigenvalue weighted by atomic mass is 9.88. The molecule has 0 radical (unpaired) electrons. The Hall–Kier alpha value is -1.10. The second kappa shape index (κ2) is 10.6. The Morgan fingerprint density at radius 2 is 1.91 bits per heavy atom. The van der Waals surface area contributed by atoms with Crippen molar-refractivity contribution in [3.8, 4) is 0 Å². The van der Waals surface area contributed by atoms with Crippen molar-refractivity contribution >= 4 is 11.9 Å². The van der Waals surface area contributed by atoms with Gasteiger partial charge in [-0.1, -0.05) is 26.2 Å². The lowest BCUT2D eigenvalue weighted by Crippen LogP contribution is -2.42. The smallest absolute Gasteiger partial charge is 0.310 e. The van der Waals surface area contributed by atoms with Gasteiger partial charge in [0.1, 0.15) is 0 Å². The van der Waals surface area contributed by atoms with Crippen LogP contribution >= 0.6 is 0 Å². The first kappa shape index (κ1) is 18.9. The van der Waals surface area contributed by atoms with Crippen molar-refractivity contribution in [1.82, 2.24) is 4.90 Å². The molecule has 0 aliphatic heterocycles. The van der Waals surface area contributed by atoms with Crippen LogP contribution in [0, 0.1) is 11.8 Å². The second-order valence-corrected chi connectivity index (χ2v) is 6.09. The van der Waals surface area contributed by atoms with E-state index in [-0.39, 0.29) is 23.7 Å². The third-order valence-electron chi connectivity index (χ3n) is 4.28. The first-order valence-corrected chi connectivity index (χ1v) is 8.54. The Bertz CT molecular complexity index is 340. The van der Waals surface area contributed by atoms with Gasteiger partial charge in [-0.25, -0.2) is 0 Å². The van der Waals surface area contributed by atoms with E-state index in [9.17, 15) is 9.59 Å². The molecule has 0 aromatic heterocycles. The zero-order valence-electron chi connectivity index (χ0n) is 14.3. The second-order valence-electron chi connectivity index (χ2n) is 6.09. The van der Waals surface area contributed by atoms with Gasteiger partial charge in [0, 0.05) is 32.2 Å². The van der Waals surface area contributed by atoms with Gasteiger partial charge in [0.15, 0.2) is 0 Å². The van der Waals surface area contributed by atoms with Gasteiger partial charge in [-0.2, -0.15) is 0 Å². The normalized spacial score (nSPS) is 17.0. The van der Waals surface area contributed by atoms with Crippen LogP contribution < -0.4 is 0 Å². The van der Waals surface area contributed by atoms with E-state index in [1.54, 1.807) is 0 Å². The molecule has 0 aromatic carbocycles. The summed E-state index contributed by atoms with van der Waals surface area (Å²) in [5.41, 5.74) is 0. The van der Waals surface area contributed by atoms with Gasteiger partial charge in [0.05, 0.1) is 13.0 Å². The number of hydrogen-bond donors (Lipinski definition) is 0. The molecule has 5 nitrogen and oxygen atoms in total. The quantitative estimate of drug-likeness (QED) is 0.485. The summed E-state index contributed by atoms with van der Waals surface area (Å²) in [5.74, 6) is -0.214. The highest BCUT2D eigenvalue weighted by Crippen LogP contribution is 2.26. The van der Waals surface area contributed by atoms with Gasteiger partial charge in [-0.15, -0.1) is 0 Å². The van der Waals surface area contributed by atoms with Crippen molar-refractivity contribution in [3.05, 3.63) is 0 Å². The summed E-state index contributed by atoms with van der Waals surface area (Å²) in [5, 5.41) is 0. The molecule has 1 amide bonds. The largest absolute Gasteiger partial charge is 0.469 e. The van der Waals surface area contributed by atoms with E-state index in [1.165, 1.54) is 13.5 Å². The van der Waals surface area contributed by atoms with Gasteiger partial charge >= 0.3 is 5.97 Å². The van der Waals surface area contributed by atoms with Gasteiger partial charge in [0.2, 0.25) is 5.91 Å². The minimum Gasteiger partial charge on any atom is -0.469 e. The monoisotopic (exact) mass is 313 g/mol. The summed E-state index contributed by atoms with van der Waals surface area (Å²) in [4.78, 5) is 26.2. The van der Waals surface area contributed by atoms with Crippen molar-refractivity contribution < 1.29 is 19.1 Å². The van der Waals surface area contributed by atoms with E-state index >= 15 is 0 Å². The fraction of sp³-hybridized carbons (Fsp3) is 0.882. The number of carbonyl (C=O) groups excluding carboxylic acids is 2. The fourth-order valence-electron chi connectivity index (χ4n) is 3.01. The third-order valence-corrected chi connectivity index (χ3v) is 4.28. The molecule has 1 aliphatic carbocycles. The summed E-state index contributed by atoms with van der Waals surface area (Å²) in [6, 6.07) is 0. The van der Waals surface area contributed by atoms with Crippen LogP contribution in [0.15, 0.2) is 0 Å². The number of hydrogen-bond acceptors (Lipinski definition) is 4. The zero-order chi connectivity index (χ0) is 16.4. The number of amides is 1. The predicted octanol–water partition coefficient (Wildman–Crippen LogP) is 2.63. The SMILES string of the molecule is CCOCCCN(CC(C)C(=O)OC)C(=O)C1CCCCC1. The van der Waals surface area contributed by atoms with E-state index in [1.807, 2.05) is 18.7 Å². The number of nitrogens with zero attached hydrogens (tertiary/aromatic N) is 1. The molecule has 0 heterocycles. The number of methoxy groups -OCH3 is 1. The summed E-state index contributed by atoms with van der Waals surface area (Å²) >= 11 is 0. The van der Waals surface area contributed by atoms with Crippen LogP contribution in [0.3, 0.4) is 0 Å². The van der Waals surface area contributed by atoms with Crippen LogP contribution in [0.4, 0.5) is 0 Å². The van der Waals surface area contributed by atoms with Gasteiger partial charge in [0.25, 0.3) is 0 Å². The Labute approximate surface area is 134 Å². The summed E-state index contributed by atoms with van der Waals surface area (Å²) in [6.45, 7) is 6.21. The molecule has 22 heavy (non-hydrogen) atoms. The topological polar surface area (TPSA) is 55.8 Å². The predicted molar refractivity (Wildman–Crippen MR) is 85.4 cm³/mol. The molecule has 1 atom stereocenters. The van der Waals surface area contributed by atoms with Crippen LogP contribution in [0.5, 0.6) is 0 Å². The van der Waals surface area contributed by atoms with E-state index in [0.717, 1.165) is 32.1 Å². The Kier molecular flexibility index (Phi) is 9.13. The van der Waals surface area contributed by atoms with Crippen molar-refractivity contribution in [1.29, 1.82) is 0 Å². The minimum absolute atomic E-state index is 0.130. The molecule has 1 saturated carbocycles. The minimum atomic E-state index is -0.287. The average Bonchev–Trinajstić information content (AvgIpc) is 2.56. The first-order chi connectivity index (χ1) is 10.6. The molecule has 0 spiro atoms. The van der Waals surface area contributed by atoms with Gasteiger partial charge in [-0.3, -0.25) is 9.59 Å². The van der Waals surface area contributed by atoms with Gasteiger partial charge in [-0.05, 0) is 26.2 Å². The standard InChI is InChI=1S/C17H31NO4/c1-4-22-12-8-11-18(13-14(2)17(20)21-3)16(19)15-9-6-5-7-10-15/h14-15H,4-13H2,1-3H3. The molecule has 1 unspecified atom stereocenters. The Morgan fingerprint density at radius 1 is 1.23 bits per heavy atom. The molecular formula is C17H31NO4. The number of ether oxygens (including phenoxy) is 2. The maximum Gasteiger partial charge on any atom is 0.310 e. The average molecular weight is 313 g/mol. The molecular weight excluding hydrogens is 282 g/mol. The van der Waals surface area contributed by atoms with Crippen molar-refractivity contribution in [2.75, 3.05) is 33.4 Å².